The third-order valence-electron chi connectivity index (χ3n) is 3.30. The van der Waals surface area contributed by atoms with Crippen molar-refractivity contribution in [2.45, 2.75) is 43.9 Å². The van der Waals surface area contributed by atoms with Crippen molar-refractivity contribution in [2.24, 2.45) is 5.14 Å². The first-order chi connectivity index (χ1) is 8.19. The van der Waals surface area contributed by atoms with Gasteiger partial charge in [0.05, 0.1) is 4.90 Å². The molecule has 1 aliphatic heterocycles. The Labute approximate surface area is 109 Å². The quantitative estimate of drug-likeness (QED) is 0.818. The van der Waals surface area contributed by atoms with Gasteiger partial charge in [-0.1, -0.05) is 20.8 Å². The molecule has 0 bridgehead atoms. The van der Waals surface area contributed by atoms with Crippen LogP contribution in [-0.2, 0) is 21.9 Å². The van der Waals surface area contributed by atoms with Crippen LogP contribution in [0.2, 0.25) is 0 Å². The summed E-state index contributed by atoms with van der Waals surface area (Å²) < 4.78 is 23.5. The van der Waals surface area contributed by atoms with E-state index in [0.29, 0.717) is 0 Å². The predicted octanol–water partition coefficient (Wildman–Crippen LogP) is 1.99. The van der Waals surface area contributed by atoms with Gasteiger partial charge in [0, 0.05) is 12.2 Å². The minimum Gasteiger partial charge on any atom is -0.385 e. The van der Waals surface area contributed by atoms with E-state index in [1.165, 1.54) is 0 Å². The van der Waals surface area contributed by atoms with Crippen LogP contribution >= 0.6 is 0 Å². The highest BCUT2D eigenvalue weighted by molar-refractivity contribution is 7.89. The molecule has 18 heavy (non-hydrogen) atoms. The summed E-state index contributed by atoms with van der Waals surface area (Å²) >= 11 is 0. The zero-order valence-electron chi connectivity index (χ0n) is 11.1. The van der Waals surface area contributed by atoms with Crippen molar-refractivity contribution in [3.05, 3.63) is 23.3 Å². The van der Waals surface area contributed by atoms with Gasteiger partial charge in [-0.05, 0) is 41.5 Å². The second-order valence-corrected chi connectivity index (χ2v) is 7.36. The lowest BCUT2D eigenvalue weighted by atomic mass is 9.85. The van der Waals surface area contributed by atoms with Gasteiger partial charge in [0.25, 0.3) is 0 Å². The Bertz CT molecular complexity index is 571. The van der Waals surface area contributed by atoms with E-state index in [0.717, 1.165) is 36.2 Å². The molecule has 3 N–H and O–H groups in total. The molecule has 5 heteroatoms. The molecule has 0 fully saturated rings. The lowest BCUT2D eigenvalue weighted by Crippen LogP contribution is -2.22. The van der Waals surface area contributed by atoms with E-state index in [9.17, 15) is 8.42 Å². The number of hydrogen-bond acceptors (Lipinski definition) is 3. The summed E-state index contributed by atoms with van der Waals surface area (Å²) in [7, 11) is -3.67. The average molecular weight is 268 g/mol. The maximum Gasteiger partial charge on any atom is 0.238 e. The Morgan fingerprint density at radius 3 is 2.50 bits per heavy atom. The number of nitrogens with one attached hydrogen (secondary N) is 1. The van der Waals surface area contributed by atoms with Crippen LogP contribution < -0.4 is 10.5 Å². The second-order valence-electron chi connectivity index (χ2n) is 5.83. The predicted molar refractivity (Wildman–Crippen MR) is 73.3 cm³/mol. The maximum absolute atomic E-state index is 11.7. The molecule has 0 unspecified atom stereocenters. The molecule has 1 aliphatic rings. The summed E-state index contributed by atoms with van der Waals surface area (Å²) in [5.74, 6) is 0. The fraction of sp³-hybridized carbons (Fsp3) is 0.538. The standard InChI is InChI=1S/C13H20N2O2S/c1-13(2,3)9-7-11-10(5-4-6-15-11)12(8-9)18(14,16)17/h7-8,15H,4-6H2,1-3H3,(H2,14,16,17). The van der Waals surface area contributed by atoms with Gasteiger partial charge in [-0.15, -0.1) is 0 Å². The van der Waals surface area contributed by atoms with Crippen LogP contribution in [0.5, 0.6) is 0 Å². The van der Waals surface area contributed by atoms with E-state index in [2.05, 4.69) is 26.1 Å². The number of hydrogen-bond donors (Lipinski definition) is 2. The molecular formula is C13H20N2O2S. The van der Waals surface area contributed by atoms with Crippen LogP contribution in [-0.4, -0.2) is 15.0 Å². The zero-order valence-corrected chi connectivity index (χ0v) is 11.9. The zero-order chi connectivity index (χ0) is 13.6. The van der Waals surface area contributed by atoms with E-state index >= 15 is 0 Å². The first kappa shape index (κ1) is 13.4. The molecule has 1 aromatic carbocycles. The van der Waals surface area contributed by atoms with Gasteiger partial charge in [-0.3, -0.25) is 0 Å². The monoisotopic (exact) mass is 268 g/mol. The Kier molecular flexibility index (Phi) is 3.15. The van der Waals surface area contributed by atoms with Crippen LogP contribution in [0, 0.1) is 0 Å². The number of anilines is 1. The average Bonchev–Trinajstić information content (AvgIpc) is 2.25. The molecule has 1 aromatic rings. The number of benzene rings is 1. The molecule has 0 atom stereocenters. The number of nitrogens with two attached hydrogens (primary N) is 1. The van der Waals surface area contributed by atoms with Crippen molar-refractivity contribution in [2.75, 3.05) is 11.9 Å². The van der Waals surface area contributed by atoms with Gasteiger partial charge in [-0.2, -0.15) is 0 Å². The number of rotatable bonds is 1. The van der Waals surface area contributed by atoms with E-state index in [-0.39, 0.29) is 10.3 Å². The SMILES string of the molecule is CC(C)(C)c1cc2c(c(S(N)(=O)=O)c1)CCCN2. The molecule has 1 heterocycles. The first-order valence-corrected chi connectivity index (χ1v) is 7.68. The van der Waals surface area contributed by atoms with Gasteiger partial charge >= 0.3 is 0 Å². The van der Waals surface area contributed by atoms with Crippen LogP contribution in [0.4, 0.5) is 5.69 Å². The van der Waals surface area contributed by atoms with Crippen molar-refractivity contribution >= 4 is 15.7 Å². The van der Waals surface area contributed by atoms with Gasteiger partial charge < -0.3 is 5.32 Å². The lowest BCUT2D eigenvalue weighted by molar-refractivity contribution is 0.581. The summed E-state index contributed by atoms with van der Waals surface area (Å²) in [5.41, 5.74) is 2.63. The summed E-state index contributed by atoms with van der Waals surface area (Å²) in [6.07, 6.45) is 1.70. The molecule has 100 valence electrons. The molecule has 0 aromatic heterocycles. The van der Waals surface area contributed by atoms with E-state index in [1.54, 1.807) is 6.07 Å². The molecule has 0 spiro atoms. The smallest absolute Gasteiger partial charge is 0.238 e. The number of primary sulfonamides is 1. The molecule has 0 radical (unpaired) electrons. The fourth-order valence-corrected chi connectivity index (χ4v) is 3.08. The van der Waals surface area contributed by atoms with Gasteiger partial charge in [0.2, 0.25) is 10.0 Å². The highest BCUT2D eigenvalue weighted by Crippen LogP contribution is 2.34. The largest absolute Gasteiger partial charge is 0.385 e. The van der Waals surface area contributed by atoms with Crippen molar-refractivity contribution in [3.8, 4) is 0 Å². The van der Waals surface area contributed by atoms with Crippen LogP contribution in [0.15, 0.2) is 17.0 Å². The molecular weight excluding hydrogens is 248 g/mol. The molecule has 0 saturated heterocycles. The summed E-state index contributed by atoms with van der Waals surface area (Å²) in [6, 6.07) is 3.77. The molecule has 2 rings (SSSR count). The molecule has 0 saturated carbocycles. The maximum atomic E-state index is 11.7. The van der Waals surface area contributed by atoms with Gasteiger partial charge in [-0.25, -0.2) is 13.6 Å². The van der Waals surface area contributed by atoms with Crippen molar-refractivity contribution in [1.82, 2.24) is 0 Å². The number of fused-ring (bicyclic) bond motifs is 1. The van der Waals surface area contributed by atoms with Crippen molar-refractivity contribution in [1.29, 1.82) is 0 Å². The van der Waals surface area contributed by atoms with Crippen molar-refractivity contribution in [3.63, 3.8) is 0 Å². The summed E-state index contributed by atoms with van der Waals surface area (Å²) in [5, 5.41) is 8.61. The first-order valence-electron chi connectivity index (χ1n) is 6.13. The van der Waals surface area contributed by atoms with Crippen LogP contribution in [0.1, 0.15) is 38.3 Å². The lowest BCUT2D eigenvalue weighted by Gasteiger charge is -2.26. The Morgan fingerprint density at radius 1 is 1.28 bits per heavy atom. The fourth-order valence-electron chi connectivity index (χ4n) is 2.24. The van der Waals surface area contributed by atoms with E-state index in [1.807, 2.05) is 6.07 Å². The summed E-state index contributed by atoms with van der Waals surface area (Å²) in [4.78, 5) is 0.275. The second kappa shape index (κ2) is 4.24. The Morgan fingerprint density at radius 2 is 1.94 bits per heavy atom. The van der Waals surface area contributed by atoms with Crippen molar-refractivity contribution < 1.29 is 8.42 Å². The van der Waals surface area contributed by atoms with Gasteiger partial charge in [0.1, 0.15) is 0 Å². The van der Waals surface area contributed by atoms with Crippen LogP contribution in [0.3, 0.4) is 0 Å². The third kappa shape index (κ3) is 2.52. The van der Waals surface area contributed by atoms with E-state index < -0.39 is 10.0 Å². The van der Waals surface area contributed by atoms with Gasteiger partial charge in [0.15, 0.2) is 0 Å². The summed E-state index contributed by atoms with van der Waals surface area (Å²) in [6.45, 7) is 7.06. The molecule has 4 nitrogen and oxygen atoms in total. The number of sulfonamides is 1. The topological polar surface area (TPSA) is 72.2 Å². The Balaban J connectivity index is 2.71. The third-order valence-corrected chi connectivity index (χ3v) is 4.28. The van der Waals surface area contributed by atoms with Crippen LogP contribution in [0.25, 0.3) is 0 Å². The Hall–Kier alpha value is -1.07. The highest BCUT2D eigenvalue weighted by atomic mass is 32.2. The minimum atomic E-state index is -3.67. The minimum absolute atomic E-state index is 0.104. The molecule has 0 aliphatic carbocycles. The highest BCUT2D eigenvalue weighted by Gasteiger charge is 2.24. The van der Waals surface area contributed by atoms with E-state index in [4.69, 9.17) is 5.14 Å². The molecule has 0 amide bonds. The normalized spacial score (nSPS) is 16.0.